The van der Waals surface area contributed by atoms with Crippen LogP contribution in [0.25, 0.3) is 0 Å². The largest absolute Gasteiger partial charge is 0.465 e. The molecular formula is C9H13N3O4. The zero-order chi connectivity index (χ0) is 14.4. The van der Waals surface area contributed by atoms with Crippen LogP contribution in [-0.2, 0) is 6.98 Å². The Kier molecular flexibility index (Phi) is 1.64. The van der Waals surface area contributed by atoms with Crippen molar-refractivity contribution in [2.45, 2.75) is 31.5 Å². The Morgan fingerprint density at radius 3 is 3.12 bits per heavy atom. The number of hydrogen-bond acceptors (Lipinski definition) is 5. The van der Waals surface area contributed by atoms with Gasteiger partial charge >= 0.3 is 11.6 Å². The summed E-state index contributed by atoms with van der Waals surface area (Å²) >= 11 is 0. The number of rotatable bonds is 3. The smallest absolute Gasteiger partial charge is 0.350 e. The van der Waals surface area contributed by atoms with Gasteiger partial charge in [0.25, 0.3) is 0 Å². The third-order valence-electron chi connectivity index (χ3n) is 2.72. The van der Waals surface area contributed by atoms with Crippen LogP contribution in [0.2, 0.25) is 0 Å². The first-order chi connectivity index (χ1) is 8.61. The minimum absolute atomic E-state index is 0.383. The van der Waals surface area contributed by atoms with Crippen LogP contribution >= 0.6 is 0 Å². The maximum atomic E-state index is 10.8. The molecule has 0 spiro atoms. The number of nitrogens with zero attached hydrogens (tertiary/aromatic N) is 3. The first-order valence-corrected chi connectivity index (χ1v) is 4.75. The summed E-state index contributed by atoms with van der Waals surface area (Å²) in [5.41, 5.74) is -1.60. The number of aliphatic hydroxyl groups is 1. The van der Waals surface area contributed by atoms with Gasteiger partial charge in [0.05, 0.1) is 10.5 Å². The molecule has 1 aliphatic carbocycles. The van der Waals surface area contributed by atoms with E-state index in [1.807, 2.05) is 0 Å². The molecule has 0 saturated heterocycles. The fraction of sp³-hybridized carbons (Fsp3) is 0.667. The maximum Gasteiger partial charge on any atom is 0.350 e. The molecule has 1 aliphatic rings. The molecule has 1 aromatic rings. The minimum Gasteiger partial charge on any atom is -0.465 e. The Bertz CT molecular complexity index is 511. The Morgan fingerprint density at radius 1 is 1.94 bits per heavy atom. The first kappa shape index (κ1) is 7.61. The monoisotopic (exact) mass is 230 g/mol. The third-order valence-corrected chi connectivity index (χ3v) is 2.72. The second-order valence-electron chi connectivity index (χ2n) is 4.02. The number of aromatic nitrogens is 2. The third kappa shape index (κ3) is 1.73. The maximum absolute atomic E-state index is 10.8. The molecule has 2 rings (SSSR count). The molecule has 2 atom stereocenters. The van der Waals surface area contributed by atoms with E-state index < -0.39 is 29.3 Å². The summed E-state index contributed by atoms with van der Waals surface area (Å²) in [6.07, 6.45) is 1.23. The SMILES string of the molecule is [2H]C([2H])([2H])n1cc([N+](=O)[O-])c(O[C@@H]2CC[C@]2(C)O)n1. The fourth-order valence-corrected chi connectivity index (χ4v) is 1.56. The van der Waals surface area contributed by atoms with Crippen LogP contribution in [0.3, 0.4) is 0 Å². The van der Waals surface area contributed by atoms with Crippen LogP contribution in [0.1, 0.15) is 23.9 Å². The van der Waals surface area contributed by atoms with E-state index in [1.54, 1.807) is 6.92 Å². The lowest BCUT2D eigenvalue weighted by Crippen LogP contribution is -2.52. The highest BCUT2D eigenvalue weighted by Gasteiger charge is 2.44. The van der Waals surface area contributed by atoms with E-state index in [4.69, 9.17) is 8.85 Å². The van der Waals surface area contributed by atoms with Gasteiger partial charge in [0, 0.05) is 11.1 Å². The first-order valence-electron chi connectivity index (χ1n) is 6.25. The Hall–Kier alpha value is -1.63. The Labute approximate surface area is 96.0 Å². The second-order valence-corrected chi connectivity index (χ2v) is 4.02. The van der Waals surface area contributed by atoms with Gasteiger partial charge in [-0.15, -0.1) is 5.10 Å². The van der Waals surface area contributed by atoms with Crippen LogP contribution in [0.5, 0.6) is 5.88 Å². The normalized spacial score (nSPS) is 32.1. The van der Waals surface area contributed by atoms with E-state index in [2.05, 4.69) is 5.10 Å². The standard InChI is InChI=1S/C9H13N3O4/c1-9(13)4-3-7(9)16-8-6(12(14)15)5-11(2)10-8/h5,7,13H,3-4H2,1-2H3/t7-,9+/m1/s1/i2D3. The van der Waals surface area contributed by atoms with Crippen molar-refractivity contribution in [1.29, 1.82) is 0 Å². The molecule has 88 valence electrons. The van der Waals surface area contributed by atoms with E-state index in [0.717, 1.165) is 6.20 Å². The van der Waals surface area contributed by atoms with Crippen molar-refractivity contribution < 1.29 is 18.9 Å². The van der Waals surface area contributed by atoms with Gasteiger partial charge in [-0.2, -0.15) is 0 Å². The molecule has 1 N–H and O–H groups in total. The van der Waals surface area contributed by atoms with Crippen molar-refractivity contribution in [3.8, 4) is 5.88 Å². The lowest BCUT2D eigenvalue weighted by atomic mass is 9.79. The quantitative estimate of drug-likeness (QED) is 0.607. The van der Waals surface area contributed by atoms with Crippen molar-refractivity contribution in [3.63, 3.8) is 0 Å². The molecule has 1 fully saturated rings. The summed E-state index contributed by atoms with van der Waals surface area (Å²) in [6, 6.07) is 0. The Morgan fingerprint density at radius 2 is 2.69 bits per heavy atom. The Balaban J connectivity index is 2.29. The summed E-state index contributed by atoms with van der Waals surface area (Å²) in [7, 11) is 0. The van der Waals surface area contributed by atoms with Crippen LogP contribution in [0.4, 0.5) is 5.69 Å². The van der Waals surface area contributed by atoms with Crippen molar-refractivity contribution >= 4 is 5.69 Å². The molecule has 0 aliphatic heterocycles. The van der Waals surface area contributed by atoms with Gasteiger partial charge in [-0.05, 0) is 19.8 Å². The molecule has 7 heteroatoms. The molecule has 0 amide bonds. The summed E-state index contributed by atoms with van der Waals surface area (Å²) in [5.74, 6) is -0.383. The van der Waals surface area contributed by atoms with E-state index in [1.165, 1.54) is 0 Å². The fourth-order valence-electron chi connectivity index (χ4n) is 1.56. The highest BCUT2D eigenvalue weighted by atomic mass is 16.6. The highest BCUT2D eigenvalue weighted by molar-refractivity contribution is 5.38. The van der Waals surface area contributed by atoms with Crippen LogP contribution in [-0.4, -0.2) is 31.5 Å². The van der Waals surface area contributed by atoms with Gasteiger partial charge in [0.15, 0.2) is 0 Å². The average molecular weight is 230 g/mol. The van der Waals surface area contributed by atoms with Crippen molar-refractivity contribution in [1.82, 2.24) is 9.78 Å². The number of ether oxygens (including phenoxy) is 1. The number of hydrogen-bond donors (Lipinski definition) is 1. The minimum atomic E-state index is -2.62. The van der Waals surface area contributed by atoms with Crippen LogP contribution in [0.15, 0.2) is 6.20 Å². The molecule has 0 aromatic carbocycles. The van der Waals surface area contributed by atoms with Crippen molar-refractivity contribution in [2.75, 3.05) is 0 Å². The van der Waals surface area contributed by atoms with Gasteiger partial charge < -0.3 is 9.84 Å². The van der Waals surface area contributed by atoms with E-state index in [0.29, 0.717) is 17.5 Å². The average Bonchev–Trinajstić information content (AvgIpc) is 2.68. The highest BCUT2D eigenvalue weighted by Crippen LogP contribution is 2.37. The number of nitro groups is 1. The predicted molar refractivity (Wildman–Crippen MR) is 54.1 cm³/mol. The molecule has 0 unspecified atom stereocenters. The molecule has 7 nitrogen and oxygen atoms in total. The molecule has 16 heavy (non-hydrogen) atoms. The van der Waals surface area contributed by atoms with E-state index in [-0.39, 0.29) is 5.88 Å². The molecule has 1 heterocycles. The van der Waals surface area contributed by atoms with Gasteiger partial charge in [-0.25, -0.2) is 0 Å². The van der Waals surface area contributed by atoms with Gasteiger partial charge in [0.1, 0.15) is 12.3 Å². The van der Waals surface area contributed by atoms with Crippen LogP contribution in [0, 0.1) is 10.1 Å². The second kappa shape index (κ2) is 3.44. The van der Waals surface area contributed by atoms with E-state index in [9.17, 15) is 15.2 Å². The van der Waals surface area contributed by atoms with E-state index >= 15 is 0 Å². The zero-order valence-corrected chi connectivity index (χ0v) is 8.58. The van der Waals surface area contributed by atoms with Crippen LogP contribution < -0.4 is 4.74 Å². The molecule has 1 saturated carbocycles. The lowest BCUT2D eigenvalue weighted by Gasteiger charge is -2.41. The van der Waals surface area contributed by atoms with Gasteiger partial charge in [-0.3, -0.25) is 14.8 Å². The lowest BCUT2D eigenvalue weighted by molar-refractivity contribution is -0.386. The summed E-state index contributed by atoms with van der Waals surface area (Å²) in [5, 5.41) is 24.2. The summed E-state index contributed by atoms with van der Waals surface area (Å²) in [4.78, 5) is 10.1. The van der Waals surface area contributed by atoms with Gasteiger partial charge in [-0.1, -0.05) is 0 Å². The molecule has 0 bridgehead atoms. The van der Waals surface area contributed by atoms with Crippen molar-refractivity contribution in [2.24, 2.45) is 6.98 Å². The number of aryl methyl sites for hydroxylation is 1. The van der Waals surface area contributed by atoms with Crippen molar-refractivity contribution in [3.05, 3.63) is 16.3 Å². The zero-order valence-electron chi connectivity index (χ0n) is 11.6. The summed E-state index contributed by atoms with van der Waals surface area (Å²) in [6.45, 7) is -1.07. The molecular weight excluding hydrogens is 214 g/mol. The predicted octanol–water partition coefficient (Wildman–Crippen LogP) is 0.620. The topological polar surface area (TPSA) is 90.4 Å². The summed E-state index contributed by atoms with van der Waals surface area (Å²) < 4.78 is 27.2. The van der Waals surface area contributed by atoms with Gasteiger partial charge in [0.2, 0.25) is 0 Å². The molecule has 1 aromatic heterocycles. The molecule has 0 radical (unpaired) electrons.